The van der Waals surface area contributed by atoms with Crippen molar-refractivity contribution in [2.24, 2.45) is 5.92 Å². The van der Waals surface area contributed by atoms with Crippen molar-refractivity contribution in [2.45, 2.75) is 45.8 Å². The summed E-state index contributed by atoms with van der Waals surface area (Å²) in [5, 5.41) is 0. The van der Waals surface area contributed by atoms with Crippen LogP contribution >= 0.6 is 12.4 Å². The van der Waals surface area contributed by atoms with Crippen LogP contribution in [0.2, 0.25) is 0 Å². The lowest BCUT2D eigenvalue weighted by atomic mass is 10.1. The van der Waals surface area contributed by atoms with Gasteiger partial charge in [-0.2, -0.15) is 0 Å². The molecule has 1 unspecified atom stereocenters. The smallest absolute Gasteiger partial charge is 0.230 e. The van der Waals surface area contributed by atoms with Crippen LogP contribution in [0, 0.1) is 19.8 Å². The Bertz CT molecular complexity index is 1060. The molecule has 1 aromatic carbocycles. The first-order valence-electron chi connectivity index (χ1n) is 10.3. The third-order valence-corrected chi connectivity index (χ3v) is 5.94. The third kappa shape index (κ3) is 3.99. The molecule has 3 aromatic rings. The van der Waals surface area contributed by atoms with E-state index in [9.17, 15) is 0 Å². The highest BCUT2D eigenvalue weighted by Gasteiger charge is 2.28. The quantitative estimate of drug-likeness (QED) is 0.512. The molecule has 30 heavy (non-hydrogen) atoms. The summed E-state index contributed by atoms with van der Waals surface area (Å²) in [6.45, 7) is 5.60. The van der Waals surface area contributed by atoms with E-state index in [1.54, 1.807) is 6.26 Å². The Kier molecular flexibility index (Phi) is 5.91. The van der Waals surface area contributed by atoms with E-state index >= 15 is 0 Å². The van der Waals surface area contributed by atoms with E-state index in [-0.39, 0.29) is 25.3 Å². The molecular weight excluding hydrogens is 400 g/mol. The molecule has 0 N–H and O–H groups in total. The molecule has 0 radical (unpaired) electrons. The fourth-order valence-corrected chi connectivity index (χ4v) is 4.00. The minimum Gasteiger partial charge on any atom is -0.480 e. The second kappa shape index (κ2) is 8.60. The summed E-state index contributed by atoms with van der Waals surface area (Å²) in [4.78, 5) is 4.67. The standard InChI is InChI=1S/C24H26N2O3.ClH/c1-16-17(2)26(13-19-8-9-19)24-20(10-11-25-23(16)24)29-21(22-14-27-15-28-22)12-18-6-4-3-5-7-18;/h3-7,10-11,14,19,21H,8-9,12-13,15H2,1-2H3;1H. The van der Waals surface area contributed by atoms with Gasteiger partial charge in [-0.3, -0.25) is 4.98 Å². The van der Waals surface area contributed by atoms with Gasteiger partial charge in [0, 0.05) is 30.9 Å². The van der Waals surface area contributed by atoms with Crippen molar-refractivity contribution in [2.75, 3.05) is 6.79 Å². The second-order valence-electron chi connectivity index (χ2n) is 8.02. The highest BCUT2D eigenvalue weighted by Crippen LogP contribution is 2.37. The molecule has 5 rings (SSSR count). The molecule has 0 spiro atoms. The van der Waals surface area contributed by atoms with Crippen LogP contribution in [0.25, 0.3) is 11.0 Å². The first-order chi connectivity index (χ1) is 14.2. The summed E-state index contributed by atoms with van der Waals surface area (Å²) in [5.41, 5.74) is 5.81. The van der Waals surface area contributed by atoms with Gasteiger partial charge in [-0.15, -0.1) is 12.4 Å². The number of halogens is 1. The SMILES string of the molecule is Cc1c(C)n(CC2CC2)c2c(OC(Cc3ccccc3)C3=COCO3)ccnc12.Cl. The summed E-state index contributed by atoms with van der Waals surface area (Å²) in [7, 11) is 0. The molecule has 0 amide bonds. The molecule has 5 nitrogen and oxygen atoms in total. The number of benzene rings is 1. The molecule has 1 aliphatic carbocycles. The number of rotatable bonds is 7. The molecule has 2 aliphatic rings. The van der Waals surface area contributed by atoms with Gasteiger partial charge in [0.15, 0.2) is 11.9 Å². The van der Waals surface area contributed by atoms with E-state index < -0.39 is 0 Å². The van der Waals surface area contributed by atoms with Crippen LogP contribution in [0.1, 0.15) is 29.7 Å². The Morgan fingerprint density at radius 3 is 2.67 bits per heavy atom. The van der Waals surface area contributed by atoms with Crippen molar-refractivity contribution < 1.29 is 14.2 Å². The predicted molar refractivity (Wildman–Crippen MR) is 119 cm³/mol. The Balaban J connectivity index is 0.00000218. The molecule has 0 saturated heterocycles. The van der Waals surface area contributed by atoms with Gasteiger partial charge in [0.1, 0.15) is 17.5 Å². The molecule has 1 atom stereocenters. The highest BCUT2D eigenvalue weighted by molar-refractivity contribution is 5.86. The van der Waals surface area contributed by atoms with Gasteiger partial charge >= 0.3 is 0 Å². The molecule has 6 heteroatoms. The lowest BCUT2D eigenvalue weighted by molar-refractivity contribution is 0.0559. The topological polar surface area (TPSA) is 45.5 Å². The van der Waals surface area contributed by atoms with Crippen molar-refractivity contribution in [1.29, 1.82) is 0 Å². The van der Waals surface area contributed by atoms with Crippen LogP contribution < -0.4 is 4.74 Å². The van der Waals surface area contributed by atoms with Crippen LogP contribution in [-0.4, -0.2) is 22.4 Å². The first kappa shape index (κ1) is 20.6. The normalized spacial score (nSPS) is 16.4. The van der Waals surface area contributed by atoms with Gasteiger partial charge in [-0.25, -0.2) is 0 Å². The lowest BCUT2D eigenvalue weighted by Crippen LogP contribution is -2.23. The number of aryl methyl sites for hydroxylation is 1. The van der Waals surface area contributed by atoms with Gasteiger partial charge < -0.3 is 18.8 Å². The molecule has 1 fully saturated rings. The monoisotopic (exact) mass is 426 g/mol. The van der Waals surface area contributed by atoms with Crippen molar-refractivity contribution >= 4 is 23.4 Å². The molecule has 0 bridgehead atoms. The number of nitrogens with zero attached hydrogens (tertiary/aromatic N) is 2. The Labute approximate surface area is 183 Å². The zero-order chi connectivity index (χ0) is 19.8. The molecule has 2 aromatic heterocycles. The van der Waals surface area contributed by atoms with E-state index in [0.717, 1.165) is 35.0 Å². The summed E-state index contributed by atoms with van der Waals surface area (Å²) < 4.78 is 20.0. The van der Waals surface area contributed by atoms with Gasteiger partial charge in [0.2, 0.25) is 6.79 Å². The molecule has 1 saturated carbocycles. The lowest BCUT2D eigenvalue weighted by Gasteiger charge is -2.20. The maximum absolute atomic E-state index is 6.59. The van der Waals surface area contributed by atoms with Crippen molar-refractivity contribution in [3.05, 3.63) is 71.4 Å². The number of pyridine rings is 1. The van der Waals surface area contributed by atoms with E-state index in [4.69, 9.17) is 14.2 Å². The summed E-state index contributed by atoms with van der Waals surface area (Å²) in [5.74, 6) is 2.35. The average Bonchev–Trinajstić information content (AvgIpc) is 3.33. The predicted octanol–water partition coefficient (Wildman–Crippen LogP) is 5.32. The van der Waals surface area contributed by atoms with E-state index in [0.29, 0.717) is 6.42 Å². The number of hydrogen-bond acceptors (Lipinski definition) is 4. The van der Waals surface area contributed by atoms with Gasteiger partial charge in [0.05, 0.1) is 5.52 Å². The van der Waals surface area contributed by atoms with Gasteiger partial charge in [-0.1, -0.05) is 30.3 Å². The summed E-state index contributed by atoms with van der Waals surface area (Å²) in [6.07, 6.45) is 6.58. The summed E-state index contributed by atoms with van der Waals surface area (Å²) >= 11 is 0. The van der Waals surface area contributed by atoms with Crippen LogP contribution in [0.4, 0.5) is 0 Å². The van der Waals surface area contributed by atoms with Crippen LogP contribution in [0.3, 0.4) is 0 Å². The molecular formula is C24H27ClN2O3. The molecule has 1 aliphatic heterocycles. The Hall–Kier alpha value is -2.66. The molecule has 3 heterocycles. The van der Waals surface area contributed by atoms with Crippen molar-refractivity contribution in [3.8, 4) is 5.75 Å². The zero-order valence-electron chi connectivity index (χ0n) is 17.3. The number of fused-ring (bicyclic) bond motifs is 1. The maximum atomic E-state index is 6.59. The van der Waals surface area contributed by atoms with Crippen molar-refractivity contribution in [1.82, 2.24) is 9.55 Å². The van der Waals surface area contributed by atoms with E-state index in [2.05, 4.69) is 35.5 Å². The van der Waals surface area contributed by atoms with Crippen LogP contribution in [0.5, 0.6) is 5.75 Å². The zero-order valence-corrected chi connectivity index (χ0v) is 18.2. The van der Waals surface area contributed by atoms with Gasteiger partial charge in [-0.05, 0) is 43.7 Å². The minimum absolute atomic E-state index is 0. The van der Waals surface area contributed by atoms with E-state index in [1.807, 2.05) is 30.5 Å². The number of ether oxygens (including phenoxy) is 3. The third-order valence-electron chi connectivity index (χ3n) is 5.94. The average molecular weight is 427 g/mol. The van der Waals surface area contributed by atoms with Gasteiger partial charge in [0.25, 0.3) is 0 Å². The van der Waals surface area contributed by atoms with Crippen molar-refractivity contribution in [3.63, 3.8) is 0 Å². The second-order valence-corrected chi connectivity index (χ2v) is 8.02. The number of aromatic nitrogens is 2. The number of hydrogen-bond donors (Lipinski definition) is 0. The largest absolute Gasteiger partial charge is 0.480 e. The van der Waals surface area contributed by atoms with Crippen LogP contribution in [0.15, 0.2) is 54.6 Å². The summed E-state index contributed by atoms with van der Waals surface area (Å²) in [6, 6.07) is 12.3. The molecule has 158 valence electrons. The van der Waals surface area contributed by atoms with E-state index in [1.165, 1.54) is 29.7 Å². The van der Waals surface area contributed by atoms with Crippen LogP contribution in [-0.2, 0) is 22.4 Å². The Morgan fingerprint density at radius 1 is 1.17 bits per heavy atom. The first-order valence-corrected chi connectivity index (χ1v) is 10.3. The fraction of sp³-hybridized carbons (Fsp3) is 0.375. The Morgan fingerprint density at radius 2 is 1.97 bits per heavy atom. The highest BCUT2D eigenvalue weighted by atomic mass is 35.5. The maximum Gasteiger partial charge on any atom is 0.230 e. The minimum atomic E-state index is -0.254. The fourth-order valence-electron chi connectivity index (χ4n) is 4.00.